The number of ether oxygens (including phenoxy) is 1. The first kappa shape index (κ1) is 21.7. The van der Waals surface area contributed by atoms with E-state index in [1.54, 1.807) is 43.5 Å². The van der Waals surface area contributed by atoms with E-state index in [0.717, 1.165) is 18.4 Å². The van der Waals surface area contributed by atoms with Crippen molar-refractivity contribution in [1.82, 2.24) is 14.7 Å². The molecule has 1 unspecified atom stereocenters. The van der Waals surface area contributed by atoms with Crippen LogP contribution in [0.5, 0.6) is 5.75 Å². The van der Waals surface area contributed by atoms with Gasteiger partial charge in [0, 0.05) is 36.1 Å². The average Bonchev–Trinajstić information content (AvgIpc) is 3.21. The molecular formula is C22H25FN4O2S. The molecule has 0 saturated carbocycles. The third kappa shape index (κ3) is 6.25. The van der Waals surface area contributed by atoms with Crippen molar-refractivity contribution in [2.75, 3.05) is 19.0 Å². The molecule has 1 atom stereocenters. The Balaban J connectivity index is 1.54. The van der Waals surface area contributed by atoms with Gasteiger partial charge in [-0.25, -0.2) is 9.37 Å². The summed E-state index contributed by atoms with van der Waals surface area (Å²) in [5.74, 6) is 1.02. The Labute approximate surface area is 179 Å². The second-order valence-electron chi connectivity index (χ2n) is 6.89. The first-order valence-corrected chi connectivity index (χ1v) is 10.6. The Morgan fingerprint density at radius 3 is 2.57 bits per heavy atom. The molecule has 0 aliphatic rings. The van der Waals surface area contributed by atoms with E-state index in [1.165, 1.54) is 23.7 Å². The lowest BCUT2D eigenvalue weighted by Crippen LogP contribution is -2.39. The van der Waals surface area contributed by atoms with Gasteiger partial charge in [-0.2, -0.15) is 4.37 Å². The van der Waals surface area contributed by atoms with Gasteiger partial charge in [0.15, 0.2) is 0 Å². The van der Waals surface area contributed by atoms with E-state index >= 15 is 0 Å². The van der Waals surface area contributed by atoms with Crippen LogP contribution in [0.25, 0.3) is 0 Å². The number of carbonyl (C=O) groups is 1. The number of anilines is 1. The van der Waals surface area contributed by atoms with Gasteiger partial charge in [-0.3, -0.25) is 4.79 Å². The number of nitrogens with one attached hydrogen (secondary N) is 2. The number of nitrogens with zero attached hydrogens (tertiary/aromatic N) is 2. The third-order valence-electron chi connectivity index (χ3n) is 4.57. The Kier molecular flexibility index (Phi) is 7.73. The molecule has 0 saturated heterocycles. The highest BCUT2D eigenvalue weighted by Crippen LogP contribution is 2.16. The van der Waals surface area contributed by atoms with Crippen LogP contribution >= 0.6 is 11.5 Å². The van der Waals surface area contributed by atoms with Gasteiger partial charge in [0.25, 0.3) is 5.91 Å². The number of carbonyl (C=O) groups excluding carboxylic acids is 1. The van der Waals surface area contributed by atoms with Crippen LogP contribution in [0.4, 0.5) is 9.52 Å². The van der Waals surface area contributed by atoms with Gasteiger partial charge in [-0.15, -0.1) is 0 Å². The molecule has 1 heterocycles. The normalized spacial score (nSPS) is 11.7. The van der Waals surface area contributed by atoms with Crippen molar-refractivity contribution >= 4 is 22.6 Å². The lowest BCUT2D eigenvalue weighted by molar-refractivity contribution is 0.0937. The molecule has 0 bridgehead atoms. The minimum atomic E-state index is -0.258. The summed E-state index contributed by atoms with van der Waals surface area (Å²) in [5, 5.41) is 7.04. The molecule has 0 radical (unpaired) electrons. The van der Waals surface area contributed by atoms with Crippen LogP contribution in [0.2, 0.25) is 0 Å². The van der Waals surface area contributed by atoms with Gasteiger partial charge in [-0.05, 0) is 48.4 Å². The molecule has 158 valence electrons. The third-order valence-corrected chi connectivity index (χ3v) is 5.28. The number of methoxy groups -OCH3 is 1. The predicted molar refractivity (Wildman–Crippen MR) is 117 cm³/mol. The van der Waals surface area contributed by atoms with E-state index in [9.17, 15) is 9.18 Å². The van der Waals surface area contributed by atoms with Crippen molar-refractivity contribution in [3.05, 3.63) is 71.3 Å². The summed E-state index contributed by atoms with van der Waals surface area (Å²) >= 11 is 1.28. The monoisotopic (exact) mass is 428 g/mol. The second kappa shape index (κ2) is 10.7. The average molecular weight is 429 g/mol. The Bertz CT molecular complexity index is 945. The Morgan fingerprint density at radius 1 is 1.17 bits per heavy atom. The van der Waals surface area contributed by atoms with Crippen LogP contribution in [-0.4, -0.2) is 35.0 Å². The summed E-state index contributed by atoms with van der Waals surface area (Å²) in [6.07, 6.45) is 2.34. The molecule has 3 aromatic rings. The summed E-state index contributed by atoms with van der Waals surface area (Å²) < 4.78 is 22.5. The fraction of sp³-hybridized carbons (Fsp3) is 0.318. The van der Waals surface area contributed by atoms with Gasteiger partial charge in [0.05, 0.1) is 7.11 Å². The van der Waals surface area contributed by atoms with Crippen LogP contribution in [0.1, 0.15) is 41.5 Å². The highest BCUT2D eigenvalue weighted by molar-refractivity contribution is 7.09. The molecule has 3 rings (SSSR count). The Morgan fingerprint density at radius 2 is 1.90 bits per heavy atom. The van der Waals surface area contributed by atoms with E-state index in [-0.39, 0.29) is 17.8 Å². The van der Waals surface area contributed by atoms with Crippen molar-refractivity contribution in [2.24, 2.45) is 0 Å². The van der Waals surface area contributed by atoms with Crippen LogP contribution in [0, 0.1) is 5.82 Å². The minimum Gasteiger partial charge on any atom is -0.497 e. The highest BCUT2D eigenvalue weighted by Gasteiger charge is 2.14. The molecule has 8 heteroatoms. The van der Waals surface area contributed by atoms with Crippen LogP contribution in [-0.2, 0) is 6.42 Å². The standard InChI is InChI=1S/C22H25FN4O2S/c1-3-4-18(25-21(28)16-7-11-19(29-2)12-8-16)14-24-22-26-20(27-30-22)13-15-5-9-17(23)10-6-15/h5-12,18H,3-4,13-14H2,1-2H3,(H,25,28)(H,24,26,27). The number of aromatic nitrogens is 2. The van der Waals surface area contributed by atoms with E-state index in [0.29, 0.717) is 35.2 Å². The van der Waals surface area contributed by atoms with Gasteiger partial charge in [-0.1, -0.05) is 25.5 Å². The largest absolute Gasteiger partial charge is 0.497 e. The van der Waals surface area contributed by atoms with Crippen LogP contribution in [0.3, 0.4) is 0 Å². The summed E-state index contributed by atoms with van der Waals surface area (Å²) in [6, 6.07) is 13.3. The molecule has 1 aromatic heterocycles. The van der Waals surface area contributed by atoms with Crippen molar-refractivity contribution in [3.8, 4) is 5.75 Å². The van der Waals surface area contributed by atoms with Crippen molar-refractivity contribution < 1.29 is 13.9 Å². The van der Waals surface area contributed by atoms with Crippen LogP contribution in [0.15, 0.2) is 48.5 Å². The van der Waals surface area contributed by atoms with E-state index < -0.39 is 0 Å². The van der Waals surface area contributed by atoms with Gasteiger partial charge in [0.1, 0.15) is 17.4 Å². The first-order valence-electron chi connectivity index (χ1n) is 9.83. The molecule has 2 N–H and O–H groups in total. The second-order valence-corrected chi connectivity index (χ2v) is 7.64. The maximum Gasteiger partial charge on any atom is 0.251 e. The first-order chi connectivity index (χ1) is 14.6. The molecule has 2 aromatic carbocycles. The van der Waals surface area contributed by atoms with Crippen LogP contribution < -0.4 is 15.4 Å². The highest BCUT2D eigenvalue weighted by atomic mass is 32.1. The molecule has 0 spiro atoms. The lowest BCUT2D eigenvalue weighted by Gasteiger charge is -2.18. The summed E-state index contributed by atoms with van der Waals surface area (Å²) in [6.45, 7) is 2.64. The van der Waals surface area contributed by atoms with Crippen molar-refractivity contribution in [3.63, 3.8) is 0 Å². The van der Waals surface area contributed by atoms with Gasteiger partial charge >= 0.3 is 0 Å². The fourth-order valence-corrected chi connectivity index (χ4v) is 3.57. The molecule has 30 heavy (non-hydrogen) atoms. The zero-order valence-electron chi connectivity index (χ0n) is 17.0. The number of hydrogen-bond donors (Lipinski definition) is 2. The molecular weight excluding hydrogens is 403 g/mol. The van der Waals surface area contributed by atoms with Crippen molar-refractivity contribution in [2.45, 2.75) is 32.2 Å². The summed E-state index contributed by atoms with van der Waals surface area (Å²) in [7, 11) is 1.59. The van der Waals surface area contributed by atoms with Gasteiger partial charge in [0.2, 0.25) is 5.13 Å². The van der Waals surface area contributed by atoms with E-state index in [4.69, 9.17) is 4.74 Å². The zero-order valence-corrected chi connectivity index (χ0v) is 17.8. The number of halogens is 1. The van der Waals surface area contributed by atoms with E-state index in [1.807, 2.05) is 0 Å². The molecule has 0 aliphatic heterocycles. The number of rotatable bonds is 10. The zero-order chi connectivity index (χ0) is 21.3. The maximum absolute atomic E-state index is 13.0. The fourth-order valence-electron chi connectivity index (χ4n) is 2.98. The van der Waals surface area contributed by atoms with Gasteiger partial charge < -0.3 is 15.4 Å². The summed E-state index contributed by atoms with van der Waals surface area (Å²) in [5.41, 5.74) is 1.55. The number of amides is 1. The SMILES string of the molecule is CCCC(CNc1nc(Cc2ccc(F)cc2)ns1)NC(=O)c1ccc(OC)cc1. The number of benzene rings is 2. The van der Waals surface area contributed by atoms with Crippen molar-refractivity contribution in [1.29, 1.82) is 0 Å². The molecule has 1 amide bonds. The quantitative estimate of drug-likeness (QED) is 0.504. The molecule has 0 fully saturated rings. The predicted octanol–water partition coefficient (Wildman–Crippen LogP) is 4.29. The summed E-state index contributed by atoms with van der Waals surface area (Å²) in [4.78, 5) is 17.0. The lowest BCUT2D eigenvalue weighted by atomic mass is 10.1. The minimum absolute atomic E-state index is 0.0333. The smallest absolute Gasteiger partial charge is 0.251 e. The molecule has 6 nitrogen and oxygen atoms in total. The topological polar surface area (TPSA) is 76.1 Å². The Hall–Kier alpha value is -3.00. The maximum atomic E-state index is 13.0. The van der Waals surface area contributed by atoms with E-state index in [2.05, 4.69) is 26.9 Å². The molecule has 0 aliphatic carbocycles. The number of hydrogen-bond acceptors (Lipinski definition) is 6.